The summed E-state index contributed by atoms with van der Waals surface area (Å²) >= 11 is 6.03. The largest absolute Gasteiger partial charge is 0.497 e. The van der Waals surface area contributed by atoms with Gasteiger partial charge in [0, 0.05) is 26.2 Å². The molecule has 0 spiro atoms. The molecular formula is C18H21ClN2O5S2. The number of benzene rings is 2. The maximum absolute atomic E-state index is 13.0. The van der Waals surface area contributed by atoms with Crippen LogP contribution in [0.25, 0.3) is 0 Å². The van der Waals surface area contributed by atoms with E-state index in [1.165, 1.54) is 33.9 Å². The average molecular weight is 445 g/mol. The summed E-state index contributed by atoms with van der Waals surface area (Å²) in [5.74, 6) is 0.576. The molecule has 1 saturated heterocycles. The first-order valence-electron chi connectivity index (χ1n) is 8.57. The van der Waals surface area contributed by atoms with Gasteiger partial charge in [0.2, 0.25) is 20.0 Å². The van der Waals surface area contributed by atoms with Crippen LogP contribution < -0.4 is 4.74 Å². The summed E-state index contributed by atoms with van der Waals surface area (Å²) < 4.78 is 59.3. The monoisotopic (exact) mass is 444 g/mol. The van der Waals surface area contributed by atoms with Crippen molar-refractivity contribution < 1.29 is 21.6 Å². The van der Waals surface area contributed by atoms with E-state index >= 15 is 0 Å². The van der Waals surface area contributed by atoms with Gasteiger partial charge in [-0.2, -0.15) is 8.61 Å². The van der Waals surface area contributed by atoms with E-state index in [0.29, 0.717) is 11.3 Å². The number of sulfonamides is 2. The normalized spacial score (nSPS) is 16.8. The number of hydrogen-bond acceptors (Lipinski definition) is 5. The quantitative estimate of drug-likeness (QED) is 0.706. The summed E-state index contributed by atoms with van der Waals surface area (Å²) in [5.41, 5.74) is 0.575. The molecule has 1 fully saturated rings. The highest BCUT2D eigenvalue weighted by Gasteiger charge is 2.35. The zero-order valence-electron chi connectivity index (χ0n) is 15.5. The minimum atomic E-state index is -3.78. The van der Waals surface area contributed by atoms with E-state index in [2.05, 4.69) is 0 Å². The first-order valence-corrected chi connectivity index (χ1v) is 11.8. The van der Waals surface area contributed by atoms with E-state index < -0.39 is 20.0 Å². The van der Waals surface area contributed by atoms with Crippen molar-refractivity contribution >= 4 is 31.6 Å². The van der Waals surface area contributed by atoms with Crippen molar-refractivity contribution in [2.45, 2.75) is 16.7 Å². The third-order valence-corrected chi connectivity index (χ3v) is 9.11. The van der Waals surface area contributed by atoms with Crippen molar-refractivity contribution in [3.8, 4) is 5.75 Å². The molecule has 28 heavy (non-hydrogen) atoms. The summed E-state index contributed by atoms with van der Waals surface area (Å²) in [6.45, 7) is 1.95. The Hall–Kier alpha value is -1.65. The second-order valence-corrected chi connectivity index (χ2v) is 10.6. The molecule has 2 aromatic rings. The SMILES string of the molecule is COc1ccc(S(=O)(=O)N2CCN(S(=O)(=O)c3ccccc3Cl)CC2)c(C)c1. The second-order valence-electron chi connectivity index (χ2n) is 6.37. The number of hydrogen-bond donors (Lipinski definition) is 0. The van der Waals surface area contributed by atoms with Gasteiger partial charge in [0.15, 0.2) is 0 Å². The van der Waals surface area contributed by atoms with Crippen LogP contribution in [0.1, 0.15) is 5.56 Å². The van der Waals surface area contributed by atoms with E-state index in [1.807, 2.05) is 0 Å². The maximum Gasteiger partial charge on any atom is 0.244 e. The summed E-state index contributed by atoms with van der Waals surface area (Å²) in [7, 11) is -5.99. The molecule has 3 rings (SSSR count). The van der Waals surface area contributed by atoms with Gasteiger partial charge >= 0.3 is 0 Å². The van der Waals surface area contributed by atoms with Crippen LogP contribution in [-0.2, 0) is 20.0 Å². The van der Waals surface area contributed by atoms with E-state index in [1.54, 1.807) is 31.2 Å². The number of nitrogens with zero attached hydrogens (tertiary/aromatic N) is 2. The molecule has 0 saturated carbocycles. The van der Waals surface area contributed by atoms with Gasteiger partial charge in [0.25, 0.3) is 0 Å². The lowest BCUT2D eigenvalue weighted by molar-refractivity contribution is 0.272. The van der Waals surface area contributed by atoms with Gasteiger partial charge in [-0.25, -0.2) is 16.8 Å². The maximum atomic E-state index is 13.0. The molecule has 0 radical (unpaired) electrons. The standard InChI is InChI=1S/C18H21ClN2O5S2/c1-14-13-15(26-2)7-8-17(14)27(22,23)20-9-11-21(12-10-20)28(24,25)18-6-4-3-5-16(18)19/h3-8,13H,9-12H2,1-2H3. The zero-order chi connectivity index (χ0) is 20.5. The lowest BCUT2D eigenvalue weighted by Crippen LogP contribution is -2.50. The van der Waals surface area contributed by atoms with Crippen LogP contribution in [0.4, 0.5) is 0 Å². The molecule has 0 bridgehead atoms. The van der Waals surface area contributed by atoms with Crippen LogP contribution in [0.2, 0.25) is 5.02 Å². The molecule has 1 aliphatic heterocycles. The van der Waals surface area contributed by atoms with Gasteiger partial charge in [-0.05, 0) is 42.8 Å². The second kappa shape index (κ2) is 8.00. The van der Waals surface area contributed by atoms with Crippen LogP contribution in [0.3, 0.4) is 0 Å². The average Bonchev–Trinajstić information content (AvgIpc) is 2.68. The van der Waals surface area contributed by atoms with Gasteiger partial charge in [0.1, 0.15) is 10.6 Å². The molecule has 0 unspecified atom stereocenters. The van der Waals surface area contributed by atoms with Crippen LogP contribution >= 0.6 is 11.6 Å². The fourth-order valence-corrected chi connectivity index (χ4v) is 6.66. The number of methoxy groups -OCH3 is 1. The molecule has 1 aliphatic rings. The molecule has 0 amide bonds. The summed E-state index contributed by atoms with van der Waals surface area (Å²) in [6.07, 6.45) is 0. The zero-order valence-corrected chi connectivity index (χ0v) is 17.9. The van der Waals surface area contributed by atoms with E-state index in [9.17, 15) is 16.8 Å². The Labute approximate surface area is 170 Å². The van der Waals surface area contributed by atoms with Crippen molar-refractivity contribution in [2.75, 3.05) is 33.3 Å². The smallest absolute Gasteiger partial charge is 0.244 e. The Balaban J connectivity index is 1.79. The van der Waals surface area contributed by atoms with Gasteiger partial charge in [-0.1, -0.05) is 23.7 Å². The van der Waals surface area contributed by atoms with Crippen molar-refractivity contribution in [3.63, 3.8) is 0 Å². The van der Waals surface area contributed by atoms with Crippen LogP contribution in [-0.4, -0.2) is 58.7 Å². The molecule has 0 N–H and O–H groups in total. The van der Waals surface area contributed by atoms with E-state index in [-0.39, 0.29) is 41.0 Å². The molecule has 2 aromatic carbocycles. The molecule has 0 atom stereocenters. The van der Waals surface area contributed by atoms with Crippen molar-refractivity contribution in [1.82, 2.24) is 8.61 Å². The Bertz CT molecular complexity index is 1080. The van der Waals surface area contributed by atoms with Gasteiger partial charge in [-0.15, -0.1) is 0 Å². The summed E-state index contributed by atoms with van der Waals surface area (Å²) in [6, 6.07) is 11.0. The van der Waals surface area contributed by atoms with Crippen molar-refractivity contribution in [2.24, 2.45) is 0 Å². The first-order chi connectivity index (χ1) is 13.2. The fourth-order valence-electron chi connectivity index (χ4n) is 3.12. The lowest BCUT2D eigenvalue weighted by atomic mass is 10.2. The highest BCUT2D eigenvalue weighted by Crippen LogP contribution is 2.28. The predicted molar refractivity (Wildman–Crippen MR) is 107 cm³/mol. The van der Waals surface area contributed by atoms with Gasteiger partial charge < -0.3 is 4.74 Å². The third kappa shape index (κ3) is 3.90. The van der Waals surface area contributed by atoms with Crippen LogP contribution in [0, 0.1) is 6.92 Å². The molecule has 0 aromatic heterocycles. The lowest BCUT2D eigenvalue weighted by Gasteiger charge is -2.33. The van der Waals surface area contributed by atoms with Crippen molar-refractivity contribution in [1.29, 1.82) is 0 Å². The first kappa shape index (κ1) is 21.1. The fraction of sp³-hybridized carbons (Fsp3) is 0.333. The molecule has 1 heterocycles. The van der Waals surface area contributed by atoms with Crippen LogP contribution in [0.5, 0.6) is 5.75 Å². The van der Waals surface area contributed by atoms with E-state index in [4.69, 9.17) is 16.3 Å². The molecule has 0 aliphatic carbocycles. The third-order valence-electron chi connectivity index (χ3n) is 4.65. The molecule has 152 valence electrons. The number of halogens is 1. The van der Waals surface area contributed by atoms with E-state index in [0.717, 1.165) is 0 Å². The molecule has 7 nitrogen and oxygen atoms in total. The minimum Gasteiger partial charge on any atom is -0.497 e. The van der Waals surface area contributed by atoms with Gasteiger partial charge in [0.05, 0.1) is 17.0 Å². The van der Waals surface area contributed by atoms with Gasteiger partial charge in [-0.3, -0.25) is 0 Å². The number of aryl methyl sites for hydroxylation is 1. The highest BCUT2D eigenvalue weighted by molar-refractivity contribution is 7.89. The Morgan fingerprint density at radius 2 is 1.39 bits per heavy atom. The summed E-state index contributed by atoms with van der Waals surface area (Å²) in [4.78, 5) is 0.217. The van der Waals surface area contributed by atoms with Crippen LogP contribution in [0.15, 0.2) is 52.3 Å². The topological polar surface area (TPSA) is 84.0 Å². The highest BCUT2D eigenvalue weighted by atomic mass is 35.5. The Morgan fingerprint density at radius 3 is 1.89 bits per heavy atom. The predicted octanol–water partition coefficient (Wildman–Crippen LogP) is 2.35. The van der Waals surface area contributed by atoms with Crippen molar-refractivity contribution in [3.05, 3.63) is 53.1 Å². The number of piperazine rings is 1. The Kier molecular flexibility index (Phi) is 6.02. The molecular weight excluding hydrogens is 424 g/mol. The number of ether oxygens (including phenoxy) is 1. The minimum absolute atomic E-state index is 0.0268. The molecule has 10 heteroatoms. The number of rotatable bonds is 5. The Morgan fingerprint density at radius 1 is 0.857 bits per heavy atom. The summed E-state index contributed by atoms with van der Waals surface area (Å²) in [5, 5.41) is 0.145.